The second-order valence-corrected chi connectivity index (χ2v) is 5.52. The largest absolute Gasteiger partial charge is 0.385 e. The summed E-state index contributed by atoms with van der Waals surface area (Å²) in [6.07, 6.45) is 0. The summed E-state index contributed by atoms with van der Waals surface area (Å²) in [4.78, 5) is 16.5. The number of nitrogens with one attached hydrogen (secondary N) is 2. The molecule has 0 bridgehead atoms. The first-order valence-electron chi connectivity index (χ1n) is 6.67. The molecule has 1 unspecified atom stereocenters. The van der Waals surface area contributed by atoms with Gasteiger partial charge in [-0.1, -0.05) is 0 Å². The van der Waals surface area contributed by atoms with Gasteiger partial charge in [0.05, 0.1) is 6.04 Å². The van der Waals surface area contributed by atoms with E-state index in [1.165, 1.54) is 0 Å². The molecule has 5 heteroatoms. The van der Waals surface area contributed by atoms with Crippen LogP contribution in [0.25, 0.3) is 0 Å². The van der Waals surface area contributed by atoms with Gasteiger partial charge in [0.1, 0.15) is 5.01 Å². The molecular weight excluding hydrogens is 270 g/mol. The van der Waals surface area contributed by atoms with Crippen molar-refractivity contribution in [3.8, 4) is 0 Å². The van der Waals surface area contributed by atoms with Gasteiger partial charge in [-0.2, -0.15) is 0 Å². The van der Waals surface area contributed by atoms with Crippen molar-refractivity contribution in [3.63, 3.8) is 0 Å². The number of carbonyl (C=O) groups is 1. The molecule has 4 nitrogen and oxygen atoms in total. The van der Waals surface area contributed by atoms with E-state index in [1.807, 2.05) is 50.4 Å². The molecule has 1 heterocycles. The summed E-state index contributed by atoms with van der Waals surface area (Å²) in [6, 6.07) is 7.41. The first-order valence-corrected chi connectivity index (χ1v) is 7.55. The average Bonchev–Trinajstić information content (AvgIpc) is 2.86. The Morgan fingerprint density at radius 3 is 2.60 bits per heavy atom. The van der Waals surface area contributed by atoms with Crippen molar-refractivity contribution in [2.45, 2.75) is 26.8 Å². The molecule has 0 aliphatic carbocycles. The molecule has 2 aromatic rings. The van der Waals surface area contributed by atoms with Gasteiger partial charge in [0.15, 0.2) is 0 Å². The molecule has 1 aromatic heterocycles. The molecule has 0 spiro atoms. The van der Waals surface area contributed by atoms with E-state index in [4.69, 9.17) is 0 Å². The van der Waals surface area contributed by atoms with Gasteiger partial charge in [0.2, 0.25) is 0 Å². The highest BCUT2D eigenvalue weighted by atomic mass is 32.1. The van der Waals surface area contributed by atoms with Crippen LogP contribution in [0.3, 0.4) is 0 Å². The molecule has 0 fully saturated rings. The van der Waals surface area contributed by atoms with E-state index in [0.29, 0.717) is 5.56 Å². The van der Waals surface area contributed by atoms with Gasteiger partial charge in [-0.3, -0.25) is 4.79 Å². The fraction of sp³-hybridized carbons (Fsp3) is 0.333. The van der Waals surface area contributed by atoms with Crippen LogP contribution in [0.15, 0.2) is 29.6 Å². The maximum absolute atomic E-state index is 12.1. The van der Waals surface area contributed by atoms with Gasteiger partial charge >= 0.3 is 0 Å². The van der Waals surface area contributed by atoms with E-state index in [-0.39, 0.29) is 11.9 Å². The number of carbonyl (C=O) groups excluding carboxylic acids is 1. The molecule has 106 valence electrons. The van der Waals surface area contributed by atoms with Gasteiger partial charge in [-0.05, 0) is 45.0 Å². The average molecular weight is 289 g/mol. The molecule has 0 radical (unpaired) electrons. The number of amides is 1. The van der Waals surface area contributed by atoms with Crippen molar-refractivity contribution in [2.75, 3.05) is 11.9 Å². The predicted octanol–water partition coefficient (Wildman–Crippen LogP) is 3.37. The maximum atomic E-state index is 12.1. The molecule has 20 heavy (non-hydrogen) atoms. The molecule has 1 aromatic carbocycles. The quantitative estimate of drug-likeness (QED) is 0.887. The van der Waals surface area contributed by atoms with E-state index < -0.39 is 0 Å². The van der Waals surface area contributed by atoms with Gasteiger partial charge in [-0.15, -0.1) is 11.3 Å². The number of nitrogens with zero attached hydrogens (tertiary/aromatic N) is 1. The van der Waals surface area contributed by atoms with Gasteiger partial charge < -0.3 is 10.6 Å². The van der Waals surface area contributed by atoms with Crippen LogP contribution in [-0.4, -0.2) is 17.4 Å². The Morgan fingerprint density at radius 2 is 2.05 bits per heavy atom. The van der Waals surface area contributed by atoms with Crippen molar-refractivity contribution in [2.24, 2.45) is 0 Å². The van der Waals surface area contributed by atoms with Crippen LogP contribution in [-0.2, 0) is 0 Å². The summed E-state index contributed by atoms with van der Waals surface area (Å²) in [5, 5.41) is 9.09. The smallest absolute Gasteiger partial charge is 0.251 e. The minimum absolute atomic E-state index is 0.0744. The van der Waals surface area contributed by atoms with Crippen LogP contribution < -0.4 is 10.6 Å². The van der Waals surface area contributed by atoms with Gasteiger partial charge in [0.25, 0.3) is 5.91 Å². The topological polar surface area (TPSA) is 54.0 Å². The zero-order valence-electron chi connectivity index (χ0n) is 11.9. The second-order valence-electron chi connectivity index (χ2n) is 4.63. The summed E-state index contributed by atoms with van der Waals surface area (Å²) in [5.41, 5.74) is 2.67. The lowest BCUT2D eigenvalue weighted by Crippen LogP contribution is -2.26. The predicted molar refractivity (Wildman–Crippen MR) is 83.3 cm³/mol. The van der Waals surface area contributed by atoms with E-state index in [9.17, 15) is 4.79 Å². The summed E-state index contributed by atoms with van der Waals surface area (Å²) >= 11 is 1.57. The SMILES string of the molecule is CCNc1ccc(C(=O)NC(C)c2nc(C)cs2)cc1. The van der Waals surface area contributed by atoms with E-state index in [0.717, 1.165) is 22.9 Å². The van der Waals surface area contributed by atoms with Crippen molar-refractivity contribution >= 4 is 22.9 Å². The maximum Gasteiger partial charge on any atom is 0.251 e. The Labute approximate surface area is 123 Å². The normalized spacial score (nSPS) is 11.9. The number of aromatic nitrogens is 1. The molecule has 1 amide bonds. The second kappa shape index (κ2) is 6.52. The third kappa shape index (κ3) is 3.57. The molecule has 0 saturated heterocycles. The zero-order chi connectivity index (χ0) is 14.5. The van der Waals surface area contributed by atoms with Crippen LogP contribution >= 0.6 is 11.3 Å². The standard InChI is InChI=1S/C15H19N3OS/c1-4-16-13-7-5-12(6-8-13)14(19)18-11(3)15-17-10(2)9-20-15/h5-9,11,16H,4H2,1-3H3,(H,18,19). The van der Waals surface area contributed by atoms with Gasteiger partial charge in [0, 0.05) is 28.9 Å². The zero-order valence-corrected chi connectivity index (χ0v) is 12.8. The van der Waals surface area contributed by atoms with Crippen molar-refractivity contribution < 1.29 is 4.79 Å². The number of rotatable bonds is 5. The monoisotopic (exact) mass is 289 g/mol. The Bertz CT molecular complexity index is 577. The van der Waals surface area contributed by atoms with E-state index in [1.54, 1.807) is 11.3 Å². The first-order chi connectivity index (χ1) is 9.60. The lowest BCUT2D eigenvalue weighted by atomic mass is 10.2. The molecule has 0 saturated carbocycles. The number of thiazole rings is 1. The Balaban J connectivity index is 2.00. The fourth-order valence-electron chi connectivity index (χ4n) is 1.86. The highest BCUT2D eigenvalue weighted by Gasteiger charge is 2.13. The third-order valence-electron chi connectivity index (χ3n) is 2.88. The third-order valence-corrected chi connectivity index (χ3v) is 4.03. The lowest BCUT2D eigenvalue weighted by Gasteiger charge is -2.11. The summed E-state index contributed by atoms with van der Waals surface area (Å²) in [5.74, 6) is -0.0756. The molecule has 0 aliphatic heterocycles. The van der Waals surface area contributed by atoms with Crippen LogP contribution in [0.1, 0.15) is 40.9 Å². The first kappa shape index (κ1) is 14.5. The fourth-order valence-corrected chi connectivity index (χ4v) is 2.66. The van der Waals surface area contributed by atoms with Crippen LogP contribution in [0.2, 0.25) is 0 Å². The van der Waals surface area contributed by atoms with Crippen LogP contribution in [0, 0.1) is 6.92 Å². The summed E-state index contributed by atoms with van der Waals surface area (Å²) in [7, 11) is 0. The van der Waals surface area contributed by atoms with E-state index >= 15 is 0 Å². The Hall–Kier alpha value is -1.88. The number of hydrogen-bond donors (Lipinski definition) is 2. The number of benzene rings is 1. The molecule has 2 N–H and O–H groups in total. The Kier molecular flexibility index (Phi) is 4.74. The number of hydrogen-bond acceptors (Lipinski definition) is 4. The molecular formula is C15H19N3OS. The Morgan fingerprint density at radius 1 is 1.35 bits per heavy atom. The minimum Gasteiger partial charge on any atom is -0.385 e. The molecule has 1 atom stereocenters. The number of anilines is 1. The summed E-state index contributed by atoms with van der Waals surface area (Å²) in [6.45, 7) is 6.81. The highest BCUT2D eigenvalue weighted by Crippen LogP contribution is 2.18. The van der Waals surface area contributed by atoms with Crippen molar-refractivity contribution in [1.29, 1.82) is 0 Å². The van der Waals surface area contributed by atoms with Crippen LogP contribution in [0.5, 0.6) is 0 Å². The minimum atomic E-state index is -0.0756. The summed E-state index contributed by atoms with van der Waals surface area (Å²) < 4.78 is 0. The highest BCUT2D eigenvalue weighted by molar-refractivity contribution is 7.09. The lowest BCUT2D eigenvalue weighted by molar-refractivity contribution is 0.0940. The van der Waals surface area contributed by atoms with Crippen LogP contribution in [0.4, 0.5) is 5.69 Å². The number of aryl methyl sites for hydroxylation is 1. The van der Waals surface area contributed by atoms with Crippen molar-refractivity contribution in [3.05, 3.63) is 45.9 Å². The van der Waals surface area contributed by atoms with Gasteiger partial charge in [-0.25, -0.2) is 4.98 Å². The molecule has 0 aliphatic rings. The van der Waals surface area contributed by atoms with Crippen molar-refractivity contribution in [1.82, 2.24) is 10.3 Å². The van der Waals surface area contributed by atoms with E-state index in [2.05, 4.69) is 15.6 Å². The molecule has 2 rings (SSSR count).